The van der Waals surface area contributed by atoms with Gasteiger partial charge in [0, 0.05) is 26.2 Å². The molecular formula is C13H26N2O2. The van der Waals surface area contributed by atoms with Gasteiger partial charge in [0.2, 0.25) is 5.91 Å². The van der Waals surface area contributed by atoms with Crippen molar-refractivity contribution in [3.8, 4) is 0 Å². The van der Waals surface area contributed by atoms with E-state index in [4.69, 9.17) is 4.74 Å². The van der Waals surface area contributed by atoms with Gasteiger partial charge in [-0.25, -0.2) is 0 Å². The summed E-state index contributed by atoms with van der Waals surface area (Å²) in [5.74, 6) is 0.204. The van der Waals surface area contributed by atoms with E-state index in [0.29, 0.717) is 0 Å². The molecule has 0 aliphatic carbocycles. The standard InChI is InChI=1S/C5H11N.C4H7NO.C4H8O/c1-2-4-6-5-3-1;6-4-2-1-3-5-4;1-2-4-5-3-1/h6H,1-5H2;1-3H2,(H,5,6);1-4H2. The summed E-state index contributed by atoms with van der Waals surface area (Å²) >= 11 is 0. The van der Waals surface area contributed by atoms with E-state index in [1.807, 2.05) is 0 Å². The summed E-state index contributed by atoms with van der Waals surface area (Å²) in [6.07, 6.45) is 8.53. The van der Waals surface area contributed by atoms with Gasteiger partial charge in [-0.2, -0.15) is 0 Å². The van der Waals surface area contributed by atoms with Gasteiger partial charge in [0.25, 0.3) is 0 Å². The third kappa shape index (κ3) is 9.12. The summed E-state index contributed by atoms with van der Waals surface area (Å²) < 4.78 is 4.94. The van der Waals surface area contributed by atoms with Crippen LogP contribution in [0.5, 0.6) is 0 Å². The van der Waals surface area contributed by atoms with Crippen LogP contribution in [0.4, 0.5) is 0 Å². The maximum atomic E-state index is 10.1. The number of carbonyl (C=O) groups excluding carboxylic acids is 1. The van der Waals surface area contributed by atoms with Crippen molar-refractivity contribution in [2.45, 2.75) is 44.9 Å². The minimum absolute atomic E-state index is 0.204. The van der Waals surface area contributed by atoms with E-state index in [1.54, 1.807) is 0 Å². The second-order valence-electron chi connectivity index (χ2n) is 4.58. The van der Waals surface area contributed by atoms with Gasteiger partial charge in [-0.1, -0.05) is 6.42 Å². The molecule has 17 heavy (non-hydrogen) atoms. The van der Waals surface area contributed by atoms with Crippen molar-refractivity contribution in [3.05, 3.63) is 0 Å². The zero-order chi connectivity index (χ0) is 12.2. The molecule has 3 saturated heterocycles. The highest BCUT2D eigenvalue weighted by Crippen LogP contribution is 1.98. The fraction of sp³-hybridized carbons (Fsp3) is 0.923. The molecule has 0 saturated carbocycles. The summed E-state index contributed by atoms with van der Waals surface area (Å²) in [5, 5.41) is 5.97. The Bertz CT molecular complexity index is 163. The average molecular weight is 242 g/mol. The zero-order valence-corrected chi connectivity index (χ0v) is 10.8. The quantitative estimate of drug-likeness (QED) is 0.676. The van der Waals surface area contributed by atoms with Gasteiger partial charge in [0.1, 0.15) is 0 Å². The van der Waals surface area contributed by atoms with E-state index in [-0.39, 0.29) is 5.91 Å². The lowest BCUT2D eigenvalue weighted by Crippen LogP contribution is -2.21. The smallest absolute Gasteiger partial charge is 0.220 e. The van der Waals surface area contributed by atoms with E-state index < -0.39 is 0 Å². The third-order valence-corrected chi connectivity index (χ3v) is 2.94. The Hall–Kier alpha value is -0.610. The van der Waals surface area contributed by atoms with Crippen molar-refractivity contribution in [1.29, 1.82) is 0 Å². The molecule has 0 atom stereocenters. The molecule has 1 amide bonds. The van der Waals surface area contributed by atoms with Gasteiger partial charge in [0.15, 0.2) is 0 Å². The van der Waals surface area contributed by atoms with Crippen molar-refractivity contribution in [1.82, 2.24) is 10.6 Å². The van der Waals surface area contributed by atoms with Crippen LogP contribution in [-0.4, -0.2) is 38.8 Å². The normalized spacial score (nSPS) is 22.9. The molecule has 2 N–H and O–H groups in total. The molecule has 3 aliphatic rings. The van der Waals surface area contributed by atoms with Crippen molar-refractivity contribution < 1.29 is 9.53 Å². The summed E-state index contributed by atoms with van der Waals surface area (Å²) in [4.78, 5) is 10.1. The van der Waals surface area contributed by atoms with Crippen molar-refractivity contribution in [2.75, 3.05) is 32.8 Å². The molecule has 4 nitrogen and oxygen atoms in total. The first-order valence-electron chi connectivity index (χ1n) is 6.95. The maximum Gasteiger partial charge on any atom is 0.220 e. The molecule has 3 aliphatic heterocycles. The molecule has 0 aromatic heterocycles. The van der Waals surface area contributed by atoms with Crippen LogP contribution >= 0.6 is 0 Å². The number of amides is 1. The number of carbonyl (C=O) groups is 1. The summed E-state index contributed by atoms with van der Waals surface area (Å²) in [7, 11) is 0. The van der Waals surface area contributed by atoms with Crippen LogP contribution in [-0.2, 0) is 9.53 Å². The van der Waals surface area contributed by atoms with Crippen LogP contribution < -0.4 is 10.6 Å². The molecule has 3 fully saturated rings. The highest BCUT2D eigenvalue weighted by Gasteiger charge is 2.05. The topological polar surface area (TPSA) is 50.4 Å². The highest BCUT2D eigenvalue weighted by atomic mass is 16.5. The second-order valence-corrected chi connectivity index (χ2v) is 4.58. The SMILES string of the molecule is C1CCNCC1.C1CCOC1.O=C1CCCN1. The Kier molecular flexibility index (Phi) is 8.96. The van der Waals surface area contributed by atoms with Gasteiger partial charge < -0.3 is 15.4 Å². The maximum absolute atomic E-state index is 10.1. The molecule has 100 valence electrons. The predicted molar refractivity (Wildman–Crippen MR) is 69.0 cm³/mol. The highest BCUT2D eigenvalue weighted by molar-refractivity contribution is 5.77. The Labute approximate surface area is 104 Å². The van der Waals surface area contributed by atoms with E-state index in [1.165, 1.54) is 45.2 Å². The van der Waals surface area contributed by atoms with Crippen LogP contribution in [0.2, 0.25) is 0 Å². The minimum atomic E-state index is 0.204. The molecule has 0 bridgehead atoms. The summed E-state index contributed by atoms with van der Waals surface area (Å²) in [6.45, 7) is 5.39. The fourth-order valence-electron chi connectivity index (χ4n) is 1.88. The van der Waals surface area contributed by atoms with E-state index in [2.05, 4.69) is 10.6 Å². The lowest BCUT2D eigenvalue weighted by Gasteiger charge is -2.08. The fourth-order valence-corrected chi connectivity index (χ4v) is 1.88. The van der Waals surface area contributed by atoms with Crippen molar-refractivity contribution in [3.63, 3.8) is 0 Å². The first-order valence-corrected chi connectivity index (χ1v) is 6.95. The Morgan fingerprint density at radius 1 is 0.824 bits per heavy atom. The molecule has 4 heteroatoms. The van der Waals surface area contributed by atoms with Crippen LogP contribution in [0.3, 0.4) is 0 Å². The molecule has 3 heterocycles. The monoisotopic (exact) mass is 242 g/mol. The Morgan fingerprint density at radius 2 is 1.53 bits per heavy atom. The molecule has 0 radical (unpaired) electrons. The van der Waals surface area contributed by atoms with Crippen LogP contribution in [0.25, 0.3) is 0 Å². The molecule has 0 unspecified atom stereocenters. The number of ether oxygens (including phenoxy) is 1. The van der Waals surface area contributed by atoms with E-state index in [0.717, 1.165) is 32.6 Å². The van der Waals surface area contributed by atoms with Gasteiger partial charge in [0.05, 0.1) is 0 Å². The van der Waals surface area contributed by atoms with Gasteiger partial charge in [-0.3, -0.25) is 4.79 Å². The molecule has 3 rings (SSSR count). The number of rotatable bonds is 0. The first-order chi connectivity index (χ1) is 8.39. The number of piperidine rings is 1. The van der Waals surface area contributed by atoms with Crippen LogP contribution in [0, 0.1) is 0 Å². The molecular weight excluding hydrogens is 216 g/mol. The molecule has 0 aromatic carbocycles. The summed E-state index contributed by atoms with van der Waals surface area (Å²) in [5.41, 5.74) is 0. The van der Waals surface area contributed by atoms with Gasteiger partial charge in [-0.15, -0.1) is 0 Å². The van der Waals surface area contributed by atoms with Gasteiger partial charge >= 0.3 is 0 Å². The number of hydrogen-bond acceptors (Lipinski definition) is 3. The van der Waals surface area contributed by atoms with E-state index >= 15 is 0 Å². The lowest BCUT2D eigenvalue weighted by molar-refractivity contribution is -0.119. The second kappa shape index (κ2) is 10.5. The van der Waals surface area contributed by atoms with Crippen molar-refractivity contribution >= 4 is 5.91 Å². The Balaban J connectivity index is 0.000000128. The first kappa shape index (κ1) is 14.5. The Morgan fingerprint density at radius 3 is 1.71 bits per heavy atom. The number of hydrogen-bond donors (Lipinski definition) is 2. The van der Waals surface area contributed by atoms with Crippen LogP contribution in [0.15, 0.2) is 0 Å². The molecule has 0 aromatic rings. The minimum Gasteiger partial charge on any atom is -0.381 e. The van der Waals surface area contributed by atoms with E-state index in [9.17, 15) is 4.79 Å². The van der Waals surface area contributed by atoms with Crippen LogP contribution in [0.1, 0.15) is 44.9 Å². The predicted octanol–water partition coefficient (Wildman–Crippen LogP) is 1.45. The third-order valence-electron chi connectivity index (χ3n) is 2.94. The lowest BCUT2D eigenvalue weighted by atomic mass is 10.2. The van der Waals surface area contributed by atoms with Crippen molar-refractivity contribution in [2.24, 2.45) is 0 Å². The molecule has 0 spiro atoms. The zero-order valence-electron chi connectivity index (χ0n) is 10.8. The number of nitrogens with one attached hydrogen (secondary N) is 2. The largest absolute Gasteiger partial charge is 0.381 e. The average Bonchev–Trinajstić information content (AvgIpc) is 3.07. The summed E-state index contributed by atoms with van der Waals surface area (Å²) in [6, 6.07) is 0. The van der Waals surface area contributed by atoms with Gasteiger partial charge in [-0.05, 0) is 45.2 Å².